The Hall–Kier alpha value is -1.64. The summed E-state index contributed by atoms with van der Waals surface area (Å²) >= 11 is 4.10. The van der Waals surface area contributed by atoms with Crippen LogP contribution in [0.2, 0.25) is 0 Å². The fourth-order valence-corrected chi connectivity index (χ4v) is 7.63. The van der Waals surface area contributed by atoms with E-state index in [0.717, 1.165) is 5.01 Å². The van der Waals surface area contributed by atoms with Crippen LogP contribution < -0.4 is 5.32 Å². The van der Waals surface area contributed by atoms with E-state index in [1.54, 1.807) is 6.92 Å². The van der Waals surface area contributed by atoms with Gasteiger partial charge in [-0.25, -0.2) is 13.2 Å². The average Bonchev–Trinajstić information content (AvgIpc) is 3.08. The zero-order valence-electron chi connectivity index (χ0n) is 16.2. The van der Waals surface area contributed by atoms with Crippen LogP contribution in [0.1, 0.15) is 18.4 Å². The highest BCUT2D eigenvalue weighted by Gasteiger charge is 2.54. The number of aromatic nitrogens is 2. The zero-order valence-corrected chi connectivity index (χ0v) is 19.4. The minimum atomic E-state index is -3.53. The van der Waals surface area contributed by atoms with Gasteiger partial charge < -0.3 is 10.4 Å². The molecule has 0 unspecified atom stereocenters. The topological polar surface area (TPSA) is 147 Å². The lowest BCUT2D eigenvalue weighted by Gasteiger charge is -2.49. The number of aliphatic carboxylic acids is 1. The molecule has 3 rings (SSSR count). The fraction of sp³-hybridized carbons (Fsp3) is 0.562. The summed E-state index contributed by atoms with van der Waals surface area (Å²) in [5.41, 5.74) is 0.506. The molecule has 164 valence electrons. The molecule has 0 aliphatic carbocycles. The number of carboxylic acid groups (broad SMARTS) is 1. The third kappa shape index (κ3) is 4.98. The van der Waals surface area contributed by atoms with Crippen LogP contribution in [0, 0.1) is 6.92 Å². The van der Waals surface area contributed by atoms with Crippen LogP contribution in [0.5, 0.6) is 0 Å². The largest absolute Gasteiger partial charge is 0.477 e. The van der Waals surface area contributed by atoms with E-state index >= 15 is 0 Å². The first-order valence-corrected chi connectivity index (χ1v) is 13.6. The molecule has 14 heteroatoms. The first-order chi connectivity index (χ1) is 14.1. The number of nitrogens with one attached hydrogen (secondary N) is 1. The second-order valence-electron chi connectivity index (χ2n) is 6.68. The summed E-state index contributed by atoms with van der Waals surface area (Å²) in [4.78, 5) is 37.7. The molecule has 2 N–H and O–H groups in total. The third-order valence-electron chi connectivity index (χ3n) is 4.31. The lowest BCUT2D eigenvalue weighted by atomic mass is 10.0. The predicted molar refractivity (Wildman–Crippen MR) is 114 cm³/mol. The molecule has 0 aromatic carbocycles. The molecule has 2 atom stereocenters. The molecule has 0 spiro atoms. The van der Waals surface area contributed by atoms with Crippen LogP contribution in [0.4, 0.5) is 0 Å². The first-order valence-electron chi connectivity index (χ1n) is 8.95. The summed E-state index contributed by atoms with van der Waals surface area (Å²) in [6.45, 7) is 3.52. The molecule has 1 aromatic rings. The average molecular weight is 493 g/mol. The van der Waals surface area contributed by atoms with Gasteiger partial charge in [0.25, 0.3) is 5.91 Å². The van der Waals surface area contributed by atoms with Crippen molar-refractivity contribution in [3.63, 3.8) is 0 Å². The Labute approximate surface area is 185 Å². The summed E-state index contributed by atoms with van der Waals surface area (Å²) in [5, 5.41) is 20.3. The van der Waals surface area contributed by atoms with Crippen LogP contribution in [0.15, 0.2) is 15.6 Å². The lowest BCUT2D eigenvalue weighted by Crippen LogP contribution is -2.71. The number of carboxylic acids is 1. The Kier molecular flexibility index (Phi) is 7.09. The summed E-state index contributed by atoms with van der Waals surface area (Å²) in [7, 11) is -3.53. The molecular weight excluding hydrogens is 472 g/mol. The van der Waals surface area contributed by atoms with Crippen LogP contribution >= 0.6 is 34.9 Å². The maximum atomic E-state index is 12.6. The lowest BCUT2D eigenvalue weighted by molar-refractivity contribution is -0.150. The van der Waals surface area contributed by atoms with Gasteiger partial charge in [-0.05, 0) is 18.9 Å². The number of nitrogens with zero attached hydrogens (tertiary/aromatic N) is 3. The molecule has 1 fully saturated rings. The van der Waals surface area contributed by atoms with Crippen molar-refractivity contribution in [2.24, 2.45) is 0 Å². The van der Waals surface area contributed by atoms with Crippen molar-refractivity contribution >= 4 is 62.5 Å². The maximum absolute atomic E-state index is 12.6. The number of fused-ring (bicyclic) bond motifs is 1. The van der Waals surface area contributed by atoms with Crippen molar-refractivity contribution in [2.75, 3.05) is 23.0 Å². The number of hydrogen-bond acceptors (Lipinski definition) is 10. The molecule has 2 aliphatic heterocycles. The van der Waals surface area contributed by atoms with Gasteiger partial charge in [-0.3, -0.25) is 14.5 Å². The second-order valence-corrected chi connectivity index (χ2v) is 12.4. The highest BCUT2D eigenvalue weighted by molar-refractivity contribution is 8.01. The van der Waals surface area contributed by atoms with Gasteiger partial charge in [0.2, 0.25) is 5.91 Å². The minimum Gasteiger partial charge on any atom is -0.477 e. The van der Waals surface area contributed by atoms with Crippen LogP contribution in [-0.4, -0.2) is 80.8 Å². The third-order valence-corrected chi connectivity index (χ3v) is 9.44. The van der Waals surface area contributed by atoms with Crippen molar-refractivity contribution in [1.29, 1.82) is 0 Å². The Bertz CT molecular complexity index is 1010. The number of hydrogen-bond donors (Lipinski definition) is 2. The van der Waals surface area contributed by atoms with Gasteiger partial charge in [0.05, 0.1) is 5.75 Å². The van der Waals surface area contributed by atoms with Crippen LogP contribution in [0.3, 0.4) is 0 Å². The van der Waals surface area contributed by atoms with Crippen molar-refractivity contribution in [3.05, 3.63) is 16.3 Å². The molecule has 2 aliphatic rings. The molecule has 10 nitrogen and oxygen atoms in total. The zero-order chi connectivity index (χ0) is 22.1. The smallest absolute Gasteiger partial charge is 0.352 e. The molecule has 1 saturated heterocycles. The van der Waals surface area contributed by atoms with E-state index in [1.807, 2.05) is 6.92 Å². The molecule has 30 heavy (non-hydrogen) atoms. The van der Waals surface area contributed by atoms with Gasteiger partial charge in [0.1, 0.15) is 27.9 Å². The molecular formula is C16H20N4O6S4. The Morgan fingerprint density at radius 1 is 1.37 bits per heavy atom. The van der Waals surface area contributed by atoms with Crippen molar-refractivity contribution < 1.29 is 27.9 Å². The van der Waals surface area contributed by atoms with E-state index in [1.165, 1.54) is 39.8 Å². The summed E-state index contributed by atoms with van der Waals surface area (Å²) in [5.74, 6) is -2.59. The van der Waals surface area contributed by atoms with Crippen molar-refractivity contribution in [3.8, 4) is 0 Å². The van der Waals surface area contributed by atoms with Gasteiger partial charge in [-0.1, -0.05) is 30.0 Å². The molecule has 0 saturated carbocycles. The number of amides is 2. The highest BCUT2D eigenvalue weighted by Crippen LogP contribution is 2.41. The Balaban J connectivity index is 1.68. The summed E-state index contributed by atoms with van der Waals surface area (Å²) in [6, 6.07) is -0.936. The van der Waals surface area contributed by atoms with E-state index in [0.29, 0.717) is 27.8 Å². The summed E-state index contributed by atoms with van der Waals surface area (Å²) < 4.78 is 24.3. The number of sulfone groups is 1. The number of carbonyl (C=O) groups is 3. The van der Waals surface area contributed by atoms with E-state index in [9.17, 15) is 27.9 Å². The van der Waals surface area contributed by atoms with Gasteiger partial charge in [0, 0.05) is 11.5 Å². The van der Waals surface area contributed by atoms with E-state index in [-0.39, 0.29) is 11.4 Å². The van der Waals surface area contributed by atoms with Crippen LogP contribution in [-0.2, 0) is 24.2 Å². The van der Waals surface area contributed by atoms with E-state index in [2.05, 4.69) is 15.5 Å². The van der Waals surface area contributed by atoms with Gasteiger partial charge in [-0.15, -0.1) is 22.0 Å². The quantitative estimate of drug-likeness (QED) is 0.369. The van der Waals surface area contributed by atoms with Gasteiger partial charge >= 0.3 is 5.97 Å². The van der Waals surface area contributed by atoms with Gasteiger partial charge in [-0.2, -0.15) is 0 Å². The normalized spacial score (nSPS) is 21.3. The predicted octanol–water partition coefficient (Wildman–Crippen LogP) is 0.502. The number of β-lactam (4-membered cyclic amide) rings is 1. The number of aryl methyl sites for hydroxylation is 1. The number of thioether (sulfide) groups is 2. The summed E-state index contributed by atoms with van der Waals surface area (Å²) in [6.07, 6.45) is 0.397. The first kappa shape index (κ1) is 23.0. The fourth-order valence-electron chi connectivity index (χ4n) is 3.08. The number of carbonyl (C=O) groups excluding carboxylic acids is 2. The van der Waals surface area contributed by atoms with E-state index in [4.69, 9.17) is 0 Å². The molecule has 3 heterocycles. The maximum Gasteiger partial charge on any atom is 0.352 e. The standard InChI is InChI=1S/C16H20N4O6S4/c1-3-4-30(25,26)7-10(21)17-11-13(22)20-12(15(23)24)9(5-27-14(11)20)6-28-16-19-18-8(2)29-16/h11,14H,3-7H2,1-2H3,(H,17,21)(H,23,24)/t11-,14-/m1/s1. The number of rotatable bonds is 9. The SMILES string of the molecule is CCCS(=O)(=O)CC(=O)N[C@@H]1C(=O)N2C(C(=O)O)=C(CSc3nnc(C)s3)CS[C@H]12. The Morgan fingerprint density at radius 2 is 2.10 bits per heavy atom. The molecule has 0 radical (unpaired) electrons. The van der Waals surface area contributed by atoms with Gasteiger partial charge in [0.15, 0.2) is 14.2 Å². The monoisotopic (exact) mass is 492 g/mol. The Morgan fingerprint density at radius 3 is 2.70 bits per heavy atom. The van der Waals surface area contributed by atoms with Crippen molar-refractivity contribution in [1.82, 2.24) is 20.4 Å². The molecule has 0 bridgehead atoms. The van der Waals surface area contributed by atoms with E-state index < -0.39 is 44.8 Å². The molecule has 1 aromatic heterocycles. The van der Waals surface area contributed by atoms with Crippen LogP contribution in [0.25, 0.3) is 0 Å². The van der Waals surface area contributed by atoms with Crippen molar-refractivity contribution in [2.45, 2.75) is 36.0 Å². The molecule has 2 amide bonds. The minimum absolute atomic E-state index is 0.0819. The highest BCUT2D eigenvalue weighted by atomic mass is 32.2. The second kappa shape index (κ2) is 9.24.